The highest BCUT2D eigenvalue weighted by Crippen LogP contribution is 2.36. The van der Waals surface area contributed by atoms with Crippen LogP contribution in [-0.2, 0) is 9.59 Å². The van der Waals surface area contributed by atoms with Crippen LogP contribution in [0.3, 0.4) is 0 Å². The van der Waals surface area contributed by atoms with E-state index in [2.05, 4.69) is 0 Å². The van der Waals surface area contributed by atoms with E-state index in [4.69, 9.17) is 5.11 Å². The monoisotopic (exact) mass is 398 g/mol. The van der Waals surface area contributed by atoms with E-state index in [1.54, 1.807) is 0 Å². The Morgan fingerprint density at radius 3 is 2.54 bits per heavy atom. The molecule has 1 saturated carbocycles. The number of unbranched alkanes of at least 4 members (excludes halogenated alkanes) is 3. The average Bonchev–Trinajstić information content (AvgIpc) is 2.87. The first-order valence-electron chi connectivity index (χ1n) is 9.30. The third-order valence-corrected chi connectivity index (χ3v) is 6.26. The number of aliphatic hydroxyl groups is 1. The zero-order valence-electron chi connectivity index (χ0n) is 15.0. The molecule has 1 aliphatic rings. The molecule has 0 radical (unpaired) electrons. The molecule has 1 rings (SSSR count). The second-order valence-electron chi connectivity index (χ2n) is 6.99. The van der Waals surface area contributed by atoms with E-state index >= 15 is 0 Å². The van der Waals surface area contributed by atoms with E-state index in [0.29, 0.717) is 18.6 Å². The molecular weight excluding hydrogens is 369 g/mol. The third kappa shape index (κ3) is 10.4. The molecule has 26 heavy (non-hydrogen) atoms. The van der Waals surface area contributed by atoms with Gasteiger partial charge in [-0.2, -0.15) is 24.9 Å². The zero-order chi connectivity index (χ0) is 19.6. The van der Waals surface area contributed by atoms with Crippen LogP contribution in [0.25, 0.3) is 0 Å². The summed E-state index contributed by atoms with van der Waals surface area (Å²) < 4.78 is 36.3. The number of hydrogen-bond donors (Lipinski definition) is 2. The molecule has 152 valence electrons. The lowest BCUT2D eigenvalue weighted by molar-refractivity contribution is -0.137. The van der Waals surface area contributed by atoms with Gasteiger partial charge in [-0.15, -0.1) is 0 Å². The van der Waals surface area contributed by atoms with Crippen molar-refractivity contribution in [2.75, 3.05) is 5.75 Å². The van der Waals surface area contributed by atoms with Gasteiger partial charge in [0, 0.05) is 36.2 Å². The van der Waals surface area contributed by atoms with E-state index < -0.39 is 24.7 Å². The second kappa shape index (κ2) is 11.8. The number of alkyl halides is 3. The van der Waals surface area contributed by atoms with Crippen molar-refractivity contribution in [2.45, 2.75) is 88.2 Å². The van der Waals surface area contributed by atoms with Crippen LogP contribution < -0.4 is 0 Å². The maximum atomic E-state index is 12.1. The van der Waals surface area contributed by atoms with Crippen molar-refractivity contribution in [3.63, 3.8) is 0 Å². The van der Waals surface area contributed by atoms with Gasteiger partial charge >= 0.3 is 12.1 Å². The van der Waals surface area contributed by atoms with Gasteiger partial charge < -0.3 is 10.2 Å². The topological polar surface area (TPSA) is 74.6 Å². The van der Waals surface area contributed by atoms with Gasteiger partial charge in [-0.05, 0) is 32.1 Å². The van der Waals surface area contributed by atoms with E-state index in [0.717, 1.165) is 32.1 Å². The molecule has 4 nitrogen and oxygen atoms in total. The van der Waals surface area contributed by atoms with Crippen LogP contribution in [-0.4, -0.2) is 45.2 Å². The molecule has 1 fully saturated rings. The largest absolute Gasteiger partial charge is 0.481 e. The molecule has 2 N–H and O–H groups in total. The van der Waals surface area contributed by atoms with Gasteiger partial charge in [-0.3, -0.25) is 9.59 Å². The lowest BCUT2D eigenvalue weighted by atomic mass is 9.98. The minimum atomic E-state index is -4.18. The van der Waals surface area contributed by atoms with Crippen LogP contribution in [0, 0.1) is 5.92 Å². The number of aliphatic hydroxyl groups excluding tert-OH is 1. The average molecular weight is 398 g/mol. The van der Waals surface area contributed by atoms with Gasteiger partial charge in [-0.25, -0.2) is 0 Å². The van der Waals surface area contributed by atoms with Crippen LogP contribution in [0.2, 0.25) is 0 Å². The Balaban J connectivity index is 2.21. The van der Waals surface area contributed by atoms with Crippen molar-refractivity contribution in [3.8, 4) is 0 Å². The summed E-state index contributed by atoms with van der Waals surface area (Å²) in [6.45, 7) is 0. The SMILES string of the molecule is O=C(O)CCCCCCC1C(=O)CCC1SCC(O)CCCC(F)(F)F. The number of carboxylic acids is 1. The molecule has 8 heteroatoms. The maximum absolute atomic E-state index is 12.1. The van der Waals surface area contributed by atoms with Crippen LogP contribution in [0.4, 0.5) is 13.2 Å². The fourth-order valence-electron chi connectivity index (χ4n) is 3.27. The Morgan fingerprint density at radius 2 is 1.88 bits per heavy atom. The molecule has 0 saturated heterocycles. The van der Waals surface area contributed by atoms with Gasteiger partial charge in [-0.1, -0.05) is 19.3 Å². The van der Waals surface area contributed by atoms with Crippen LogP contribution >= 0.6 is 11.8 Å². The quantitative estimate of drug-likeness (QED) is 0.444. The van der Waals surface area contributed by atoms with Gasteiger partial charge in [0.15, 0.2) is 0 Å². The molecule has 0 heterocycles. The fourth-order valence-corrected chi connectivity index (χ4v) is 4.72. The van der Waals surface area contributed by atoms with Gasteiger partial charge in [0.25, 0.3) is 0 Å². The number of carbonyl (C=O) groups is 2. The third-order valence-electron chi connectivity index (χ3n) is 4.69. The Hall–Kier alpha value is -0.760. The summed E-state index contributed by atoms with van der Waals surface area (Å²) in [6.07, 6.45) is -0.268. The molecule has 3 unspecified atom stereocenters. The van der Waals surface area contributed by atoms with E-state index in [1.807, 2.05) is 0 Å². The Labute approximate surface area is 156 Å². The molecule has 0 spiro atoms. The summed E-state index contributed by atoms with van der Waals surface area (Å²) in [5.74, 6) is -0.229. The number of hydrogen-bond acceptors (Lipinski definition) is 4. The highest BCUT2D eigenvalue weighted by molar-refractivity contribution is 8.00. The Bertz CT molecular complexity index is 443. The standard InChI is InChI=1S/C18H29F3O4S/c19-18(20,21)11-5-6-13(22)12-26-16-10-9-15(23)14(16)7-3-1-2-4-8-17(24)25/h13-14,16,22H,1-12H2,(H,24,25). The molecule has 0 bridgehead atoms. The highest BCUT2D eigenvalue weighted by atomic mass is 32.2. The van der Waals surface area contributed by atoms with Gasteiger partial charge in [0.05, 0.1) is 6.10 Å². The first kappa shape index (κ1) is 23.3. The fraction of sp³-hybridized carbons (Fsp3) is 0.889. The molecule has 0 aromatic carbocycles. The maximum Gasteiger partial charge on any atom is 0.389 e. The summed E-state index contributed by atoms with van der Waals surface area (Å²) in [5.41, 5.74) is 0. The number of thioether (sulfide) groups is 1. The Morgan fingerprint density at radius 1 is 1.19 bits per heavy atom. The number of ketones is 1. The second-order valence-corrected chi connectivity index (χ2v) is 8.26. The molecular formula is C18H29F3O4S. The summed E-state index contributed by atoms with van der Waals surface area (Å²) in [6, 6.07) is 0. The molecule has 1 aliphatic carbocycles. The first-order valence-corrected chi connectivity index (χ1v) is 10.3. The molecule has 0 aromatic heterocycles. The number of carbonyl (C=O) groups excluding carboxylic acids is 1. The summed E-state index contributed by atoms with van der Waals surface area (Å²) >= 11 is 1.50. The predicted octanol–water partition coefficient (Wildman–Crippen LogP) is 4.59. The minimum absolute atomic E-state index is 0.0400. The van der Waals surface area contributed by atoms with Crippen molar-refractivity contribution >= 4 is 23.5 Å². The summed E-state index contributed by atoms with van der Waals surface area (Å²) in [5, 5.41) is 18.6. The number of carboxylic acid groups (broad SMARTS) is 1. The van der Waals surface area contributed by atoms with Crippen molar-refractivity contribution in [3.05, 3.63) is 0 Å². The van der Waals surface area contributed by atoms with E-state index in [1.165, 1.54) is 11.8 Å². The van der Waals surface area contributed by atoms with Crippen molar-refractivity contribution in [2.24, 2.45) is 5.92 Å². The summed E-state index contributed by atoms with van der Waals surface area (Å²) in [4.78, 5) is 22.5. The minimum Gasteiger partial charge on any atom is -0.481 e. The lowest BCUT2D eigenvalue weighted by Crippen LogP contribution is -2.20. The van der Waals surface area contributed by atoms with Crippen LogP contribution in [0.15, 0.2) is 0 Å². The van der Waals surface area contributed by atoms with Crippen molar-refractivity contribution in [1.29, 1.82) is 0 Å². The van der Waals surface area contributed by atoms with Gasteiger partial charge in [0.2, 0.25) is 0 Å². The molecule has 0 aliphatic heterocycles. The van der Waals surface area contributed by atoms with Crippen molar-refractivity contribution in [1.82, 2.24) is 0 Å². The van der Waals surface area contributed by atoms with Crippen LogP contribution in [0.1, 0.15) is 70.6 Å². The molecule has 0 amide bonds. The highest BCUT2D eigenvalue weighted by Gasteiger charge is 2.34. The first-order chi connectivity index (χ1) is 12.2. The smallest absolute Gasteiger partial charge is 0.389 e. The normalized spacial score (nSPS) is 21.9. The number of Topliss-reactive ketones (excluding diaryl/α,β-unsaturated/α-hetero) is 1. The number of halogens is 3. The van der Waals surface area contributed by atoms with Crippen molar-refractivity contribution < 1.29 is 33.0 Å². The number of rotatable bonds is 13. The zero-order valence-corrected chi connectivity index (χ0v) is 15.8. The number of aliphatic carboxylic acids is 1. The predicted molar refractivity (Wildman–Crippen MR) is 95.2 cm³/mol. The van der Waals surface area contributed by atoms with Crippen LogP contribution in [0.5, 0.6) is 0 Å². The van der Waals surface area contributed by atoms with E-state index in [-0.39, 0.29) is 36.2 Å². The summed E-state index contributed by atoms with van der Waals surface area (Å²) in [7, 11) is 0. The lowest BCUT2D eigenvalue weighted by Gasteiger charge is -2.20. The molecule has 0 aromatic rings. The van der Waals surface area contributed by atoms with Gasteiger partial charge in [0.1, 0.15) is 5.78 Å². The Kier molecular flexibility index (Phi) is 10.6. The van der Waals surface area contributed by atoms with E-state index in [9.17, 15) is 27.9 Å². The molecule has 3 atom stereocenters.